The number of hydrogen-bond donors (Lipinski definition) is 0. The third-order valence-electron chi connectivity index (χ3n) is 6.47. The lowest BCUT2D eigenvalue weighted by atomic mass is 9.84. The van der Waals surface area contributed by atoms with Crippen LogP contribution in [0, 0.1) is 17.8 Å². The molecule has 4 aliphatic carbocycles. The number of carbonyl (C=O) groups excluding carboxylic acids is 1. The van der Waals surface area contributed by atoms with Crippen LogP contribution in [0.3, 0.4) is 0 Å². The van der Waals surface area contributed by atoms with Gasteiger partial charge in [0.1, 0.15) is 5.75 Å². The van der Waals surface area contributed by atoms with E-state index in [9.17, 15) is 4.79 Å². The van der Waals surface area contributed by atoms with E-state index in [-0.39, 0.29) is 0 Å². The van der Waals surface area contributed by atoms with Crippen LogP contribution < -0.4 is 4.74 Å². The van der Waals surface area contributed by atoms with Crippen LogP contribution in [0.15, 0.2) is 29.3 Å². The number of ketones is 1. The minimum atomic E-state index is 0.452. The molecule has 0 heterocycles. The van der Waals surface area contributed by atoms with Crippen LogP contribution >= 0.6 is 0 Å². The molecule has 1 fully saturated rings. The van der Waals surface area contributed by atoms with Gasteiger partial charge in [-0.25, -0.2) is 0 Å². The summed E-state index contributed by atoms with van der Waals surface area (Å²) in [4.78, 5) is 12.0. The zero-order valence-corrected chi connectivity index (χ0v) is 12.4. The Labute approximate surface area is 125 Å². The molecular formula is C19H20O2. The van der Waals surface area contributed by atoms with E-state index >= 15 is 0 Å². The fourth-order valence-electron chi connectivity index (χ4n) is 5.72. The molecule has 0 radical (unpaired) electrons. The Morgan fingerprint density at radius 3 is 2.95 bits per heavy atom. The summed E-state index contributed by atoms with van der Waals surface area (Å²) < 4.78 is 5.41. The third-order valence-corrected chi connectivity index (χ3v) is 6.47. The van der Waals surface area contributed by atoms with E-state index in [0.29, 0.717) is 17.6 Å². The van der Waals surface area contributed by atoms with Crippen molar-refractivity contribution in [2.45, 2.75) is 38.0 Å². The van der Waals surface area contributed by atoms with Crippen molar-refractivity contribution in [3.63, 3.8) is 0 Å². The van der Waals surface area contributed by atoms with Crippen LogP contribution in [-0.4, -0.2) is 12.9 Å². The monoisotopic (exact) mass is 280 g/mol. The number of allylic oxidation sites excluding steroid dienone is 2. The van der Waals surface area contributed by atoms with Gasteiger partial charge in [-0.05, 0) is 78.2 Å². The Balaban J connectivity index is 1.54. The molecule has 0 aromatic heterocycles. The lowest BCUT2D eigenvalue weighted by molar-refractivity contribution is -0.115. The molecule has 0 bridgehead atoms. The number of fused-ring (bicyclic) bond motifs is 6. The average Bonchev–Trinajstić information content (AvgIpc) is 3.18. The number of Topliss-reactive ketones (excluding diaryl/α,β-unsaturated/α-hetero) is 1. The summed E-state index contributed by atoms with van der Waals surface area (Å²) in [5.41, 5.74) is 5.83. The Morgan fingerprint density at radius 1 is 1.19 bits per heavy atom. The van der Waals surface area contributed by atoms with Gasteiger partial charge in [0.25, 0.3) is 0 Å². The predicted octanol–water partition coefficient (Wildman–Crippen LogP) is 3.65. The van der Waals surface area contributed by atoms with Crippen molar-refractivity contribution in [3.8, 4) is 5.75 Å². The molecule has 0 N–H and O–H groups in total. The van der Waals surface area contributed by atoms with Crippen molar-refractivity contribution in [2.24, 2.45) is 17.8 Å². The van der Waals surface area contributed by atoms with E-state index in [0.717, 1.165) is 36.8 Å². The molecule has 0 saturated heterocycles. The molecule has 4 aliphatic rings. The highest BCUT2D eigenvalue weighted by atomic mass is 16.5. The molecule has 108 valence electrons. The van der Waals surface area contributed by atoms with E-state index in [1.165, 1.54) is 29.5 Å². The Hall–Kier alpha value is -1.57. The molecular weight excluding hydrogens is 260 g/mol. The second-order valence-corrected chi connectivity index (χ2v) is 7.19. The summed E-state index contributed by atoms with van der Waals surface area (Å²) in [5, 5.41) is 0. The third kappa shape index (κ3) is 1.46. The van der Waals surface area contributed by atoms with Gasteiger partial charge in [0.15, 0.2) is 5.78 Å². The van der Waals surface area contributed by atoms with Crippen LogP contribution in [0.2, 0.25) is 0 Å². The predicted molar refractivity (Wildman–Crippen MR) is 80.4 cm³/mol. The maximum absolute atomic E-state index is 12.0. The second-order valence-electron chi connectivity index (χ2n) is 7.19. The van der Waals surface area contributed by atoms with Crippen molar-refractivity contribution >= 4 is 5.78 Å². The van der Waals surface area contributed by atoms with Crippen molar-refractivity contribution in [1.29, 1.82) is 0 Å². The van der Waals surface area contributed by atoms with Gasteiger partial charge in [0, 0.05) is 6.42 Å². The molecule has 2 heteroatoms. The van der Waals surface area contributed by atoms with E-state index in [2.05, 4.69) is 18.2 Å². The standard InChI is InChI=1S/C19H20O2/c1-21-12-3-2-10-6-17-15(14(10)9-12)7-11-8-16-13(19(11)17)4-5-18(16)20/h2-3,9,11,15,17,19H,4-8H2,1H3/t11-,15-,17+,19-/m1/s1. The normalized spacial score (nSPS) is 35.8. The Bertz CT molecular complexity index is 685. The maximum Gasteiger partial charge on any atom is 0.159 e. The summed E-state index contributed by atoms with van der Waals surface area (Å²) in [6, 6.07) is 6.61. The molecule has 0 aliphatic heterocycles. The van der Waals surface area contributed by atoms with Gasteiger partial charge in [-0.1, -0.05) is 11.6 Å². The smallest absolute Gasteiger partial charge is 0.159 e. The highest BCUT2D eigenvalue weighted by molar-refractivity contribution is 5.99. The molecule has 21 heavy (non-hydrogen) atoms. The minimum Gasteiger partial charge on any atom is -0.497 e. The van der Waals surface area contributed by atoms with Gasteiger partial charge in [-0.2, -0.15) is 0 Å². The molecule has 0 spiro atoms. The first kappa shape index (κ1) is 12.0. The number of ether oxygens (including phenoxy) is 1. The second kappa shape index (κ2) is 4.00. The van der Waals surface area contributed by atoms with Gasteiger partial charge in [0.05, 0.1) is 7.11 Å². The van der Waals surface area contributed by atoms with Gasteiger partial charge in [0.2, 0.25) is 0 Å². The molecule has 0 amide bonds. The van der Waals surface area contributed by atoms with Crippen LogP contribution in [0.1, 0.15) is 42.7 Å². The van der Waals surface area contributed by atoms with Crippen LogP contribution in [-0.2, 0) is 11.2 Å². The first-order chi connectivity index (χ1) is 10.3. The number of carbonyl (C=O) groups is 1. The molecule has 2 nitrogen and oxygen atoms in total. The number of benzene rings is 1. The molecule has 4 atom stereocenters. The van der Waals surface area contributed by atoms with Gasteiger partial charge in [-0.15, -0.1) is 0 Å². The van der Waals surface area contributed by atoms with Crippen LogP contribution in [0.5, 0.6) is 5.75 Å². The van der Waals surface area contributed by atoms with Crippen molar-refractivity contribution in [2.75, 3.05) is 7.11 Å². The SMILES string of the molecule is COc1ccc2c(c1)[C@H]1C[C@@H]3CC4=C(CCC4=O)[C@@H]3[C@H]1C2. The number of hydrogen-bond acceptors (Lipinski definition) is 2. The van der Waals surface area contributed by atoms with E-state index in [1.807, 2.05) is 0 Å². The quantitative estimate of drug-likeness (QED) is 0.785. The average molecular weight is 280 g/mol. The van der Waals surface area contributed by atoms with Gasteiger partial charge < -0.3 is 4.74 Å². The Kier molecular flexibility index (Phi) is 2.29. The molecule has 1 aromatic rings. The van der Waals surface area contributed by atoms with E-state index in [1.54, 1.807) is 12.7 Å². The summed E-state index contributed by atoms with van der Waals surface area (Å²) in [5.74, 6) is 4.34. The topological polar surface area (TPSA) is 26.3 Å². The largest absolute Gasteiger partial charge is 0.497 e. The van der Waals surface area contributed by atoms with Gasteiger partial charge >= 0.3 is 0 Å². The Morgan fingerprint density at radius 2 is 2.10 bits per heavy atom. The molecule has 5 rings (SSSR count). The fraction of sp³-hybridized carbons (Fsp3) is 0.526. The van der Waals surface area contributed by atoms with Crippen molar-refractivity contribution < 1.29 is 9.53 Å². The first-order valence-corrected chi connectivity index (χ1v) is 8.18. The van der Waals surface area contributed by atoms with Crippen molar-refractivity contribution in [1.82, 2.24) is 0 Å². The van der Waals surface area contributed by atoms with Crippen LogP contribution in [0.4, 0.5) is 0 Å². The minimum absolute atomic E-state index is 0.452. The zero-order chi connectivity index (χ0) is 14.1. The molecule has 0 unspecified atom stereocenters. The first-order valence-electron chi connectivity index (χ1n) is 8.18. The van der Waals surface area contributed by atoms with Gasteiger partial charge in [-0.3, -0.25) is 4.79 Å². The summed E-state index contributed by atoms with van der Waals surface area (Å²) in [6.07, 6.45) is 5.39. The fourth-order valence-corrected chi connectivity index (χ4v) is 5.72. The van der Waals surface area contributed by atoms with Crippen LogP contribution in [0.25, 0.3) is 0 Å². The highest BCUT2D eigenvalue weighted by Crippen LogP contribution is 2.62. The van der Waals surface area contributed by atoms with E-state index in [4.69, 9.17) is 4.74 Å². The summed E-state index contributed by atoms with van der Waals surface area (Å²) in [6.45, 7) is 0. The lowest BCUT2D eigenvalue weighted by Gasteiger charge is -2.20. The molecule has 1 saturated carbocycles. The lowest BCUT2D eigenvalue weighted by Crippen LogP contribution is -2.14. The summed E-state index contributed by atoms with van der Waals surface area (Å²) in [7, 11) is 1.75. The maximum atomic E-state index is 12.0. The van der Waals surface area contributed by atoms with Crippen molar-refractivity contribution in [3.05, 3.63) is 40.5 Å². The van der Waals surface area contributed by atoms with E-state index < -0.39 is 0 Å². The molecule has 1 aromatic carbocycles. The summed E-state index contributed by atoms with van der Waals surface area (Å²) >= 11 is 0. The number of rotatable bonds is 1. The number of methoxy groups -OCH3 is 1. The highest BCUT2D eigenvalue weighted by Gasteiger charge is 2.53. The zero-order valence-electron chi connectivity index (χ0n) is 12.4.